The van der Waals surface area contributed by atoms with Crippen LogP contribution in [0.25, 0.3) is 0 Å². The third-order valence-corrected chi connectivity index (χ3v) is 4.59. The fraction of sp³-hybridized carbons (Fsp3) is 0.625. The quantitative estimate of drug-likeness (QED) is 0.779. The summed E-state index contributed by atoms with van der Waals surface area (Å²) in [7, 11) is 0. The van der Waals surface area contributed by atoms with Gasteiger partial charge < -0.3 is 5.32 Å². The minimum Gasteiger partial charge on any atom is -0.316 e. The second-order valence-corrected chi connectivity index (χ2v) is 5.81. The van der Waals surface area contributed by atoms with Crippen LogP contribution in [-0.4, -0.2) is 13.1 Å². The van der Waals surface area contributed by atoms with Crippen LogP contribution >= 0.6 is 0 Å². The molecule has 0 bridgehead atoms. The van der Waals surface area contributed by atoms with E-state index in [9.17, 15) is 0 Å². The number of fused-ring (bicyclic) bond motifs is 1. The average molecular weight is 229 g/mol. The van der Waals surface area contributed by atoms with Crippen molar-refractivity contribution < 1.29 is 0 Å². The van der Waals surface area contributed by atoms with Crippen molar-refractivity contribution in [1.29, 1.82) is 0 Å². The molecule has 1 nitrogen and oxygen atoms in total. The van der Waals surface area contributed by atoms with Gasteiger partial charge in [0.25, 0.3) is 0 Å². The number of aryl methyl sites for hydroxylation is 2. The van der Waals surface area contributed by atoms with Crippen molar-refractivity contribution in [2.75, 3.05) is 13.1 Å². The van der Waals surface area contributed by atoms with E-state index in [4.69, 9.17) is 0 Å². The van der Waals surface area contributed by atoms with Crippen molar-refractivity contribution in [1.82, 2.24) is 5.32 Å². The molecule has 1 fully saturated rings. The first-order valence-electron chi connectivity index (χ1n) is 7.17. The Morgan fingerprint density at radius 1 is 1.12 bits per heavy atom. The molecule has 92 valence electrons. The molecular weight excluding hydrogens is 206 g/mol. The van der Waals surface area contributed by atoms with Crippen molar-refractivity contribution in [2.24, 2.45) is 5.92 Å². The summed E-state index contributed by atoms with van der Waals surface area (Å²) in [5, 5.41) is 3.50. The van der Waals surface area contributed by atoms with Crippen molar-refractivity contribution >= 4 is 0 Å². The number of nitrogens with one attached hydrogen (secondary N) is 1. The first-order valence-corrected chi connectivity index (χ1v) is 7.17. The fourth-order valence-electron chi connectivity index (χ4n) is 3.49. The predicted molar refractivity (Wildman–Crippen MR) is 72.5 cm³/mol. The van der Waals surface area contributed by atoms with Gasteiger partial charge in [0.1, 0.15) is 0 Å². The van der Waals surface area contributed by atoms with Crippen LogP contribution in [0.4, 0.5) is 0 Å². The highest BCUT2D eigenvalue weighted by Gasteiger charge is 2.23. The molecule has 1 N–H and O–H groups in total. The van der Waals surface area contributed by atoms with Gasteiger partial charge in [-0.2, -0.15) is 0 Å². The van der Waals surface area contributed by atoms with E-state index in [1.54, 1.807) is 16.7 Å². The van der Waals surface area contributed by atoms with Gasteiger partial charge in [-0.25, -0.2) is 0 Å². The van der Waals surface area contributed by atoms with Crippen LogP contribution in [0.2, 0.25) is 0 Å². The van der Waals surface area contributed by atoms with Gasteiger partial charge >= 0.3 is 0 Å². The number of rotatable bonds is 1. The SMILES string of the molecule is C[C@H]1CNCC[C@H]1c1ccc2c(c1)CCCC2. The van der Waals surface area contributed by atoms with Gasteiger partial charge in [0.2, 0.25) is 0 Å². The lowest BCUT2D eigenvalue weighted by molar-refractivity contribution is 0.349. The Balaban J connectivity index is 1.87. The van der Waals surface area contributed by atoms with E-state index in [1.165, 1.54) is 45.2 Å². The first kappa shape index (κ1) is 11.3. The Kier molecular flexibility index (Phi) is 3.19. The van der Waals surface area contributed by atoms with E-state index < -0.39 is 0 Å². The molecule has 17 heavy (non-hydrogen) atoms. The number of hydrogen-bond acceptors (Lipinski definition) is 1. The second-order valence-electron chi connectivity index (χ2n) is 5.81. The Morgan fingerprint density at radius 2 is 1.94 bits per heavy atom. The molecule has 0 saturated carbocycles. The predicted octanol–water partition coefficient (Wildman–Crippen LogP) is 3.28. The number of benzene rings is 1. The maximum atomic E-state index is 3.50. The summed E-state index contributed by atoms with van der Waals surface area (Å²) >= 11 is 0. The zero-order chi connectivity index (χ0) is 11.7. The molecule has 1 aliphatic carbocycles. The Hall–Kier alpha value is -0.820. The lowest BCUT2D eigenvalue weighted by Gasteiger charge is -2.31. The van der Waals surface area contributed by atoms with Crippen LogP contribution in [-0.2, 0) is 12.8 Å². The highest BCUT2D eigenvalue weighted by molar-refractivity contribution is 5.35. The average Bonchev–Trinajstić information content (AvgIpc) is 2.39. The van der Waals surface area contributed by atoms with E-state index in [-0.39, 0.29) is 0 Å². The van der Waals surface area contributed by atoms with E-state index in [0.717, 1.165) is 11.8 Å². The van der Waals surface area contributed by atoms with E-state index in [0.29, 0.717) is 0 Å². The van der Waals surface area contributed by atoms with E-state index in [2.05, 4.69) is 30.4 Å². The standard InChI is InChI=1S/C16H23N/c1-12-11-17-9-8-16(12)15-7-6-13-4-2-3-5-14(13)10-15/h6-7,10,12,16-17H,2-5,8-9,11H2,1H3/t12-,16+/m0/s1. The third-order valence-electron chi connectivity index (χ3n) is 4.59. The summed E-state index contributed by atoms with van der Waals surface area (Å²) in [6.07, 6.45) is 6.69. The molecular formula is C16H23N. The molecule has 0 amide bonds. The number of hydrogen-bond donors (Lipinski definition) is 1. The van der Waals surface area contributed by atoms with Crippen LogP contribution in [0.5, 0.6) is 0 Å². The first-order chi connectivity index (χ1) is 8.34. The molecule has 1 aliphatic heterocycles. The van der Waals surface area contributed by atoms with Crippen LogP contribution in [0.15, 0.2) is 18.2 Å². The van der Waals surface area contributed by atoms with Crippen molar-refractivity contribution in [3.63, 3.8) is 0 Å². The summed E-state index contributed by atoms with van der Waals surface area (Å²) in [4.78, 5) is 0. The van der Waals surface area contributed by atoms with Gasteiger partial charge in [-0.3, -0.25) is 0 Å². The molecule has 2 atom stereocenters. The summed E-state index contributed by atoms with van der Waals surface area (Å²) in [6, 6.07) is 7.32. The second kappa shape index (κ2) is 4.81. The van der Waals surface area contributed by atoms with Crippen molar-refractivity contribution in [3.05, 3.63) is 34.9 Å². The lowest BCUT2D eigenvalue weighted by Crippen LogP contribution is -2.33. The van der Waals surface area contributed by atoms with E-state index >= 15 is 0 Å². The smallest absolute Gasteiger partial charge is 0.00173 e. The largest absolute Gasteiger partial charge is 0.316 e. The molecule has 1 aromatic rings. The molecule has 1 heterocycles. The maximum absolute atomic E-state index is 3.50. The molecule has 3 rings (SSSR count). The zero-order valence-electron chi connectivity index (χ0n) is 10.8. The minimum absolute atomic E-state index is 0.781. The molecule has 0 radical (unpaired) electrons. The van der Waals surface area contributed by atoms with Crippen molar-refractivity contribution in [3.8, 4) is 0 Å². The van der Waals surface area contributed by atoms with Gasteiger partial charge in [0.15, 0.2) is 0 Å². The summed E-state index contributed by atoms with van der Waals surface area (Å²) in [5.41, 5.74) is 4.85. The van der Waals surface area contributed by atoms with Gasteiger partial charge in [-0.15, -0.1) is 0 Å². The lowest BCUT2D eigenvalue weighted by atomic mass is 9.80. The van der Waals surface area contributed by atoms with E-state index in [1.807, 2.05) is 0 Å². The third kappa shape index (κ3) is 2.26. The van der Waals surface area contributed by atoms with Gasteiger partial charge in [-0.1, -0.05) is 25.1 Å². The normalized spacial score (nSPS) is 28.8. The maximum Gasteiger partial charge on any atom is -0.00173 e. The highest BCUT2D eigenvalue weighted by Crippen LogP contribution is 2.32. The van der Waals surface area contributed by atoms with Gasteiger partial charge in [0, 0.05) is 0 Å². The minimum atomic E-state index is 0.781. The molecule has 1 aromatic carbocycles. The molecule has 0 spiro atoms. The molecule has 1 heteroatoms. The monoisotopic (exact) mass is 229 g/mol. The van der Waals surface area contributed by atoms with Crippen molar-refractivity contribution in [2.45, 2.75) is 44.9 Å². The molecule has 2 aliphatic rings. The molecule has 0 aromatic heterocycles. The Morgan fingerprint density at radius 3 is 2.76 bits per heavy atom. The summed E-state index contributed by atoms with van der Waals surface area (Å²) < 4.78 is 0. The van der Waals surface area contributed by atoms with Crippen LogP contribution in [0, 0.1) is 5.92 Å². The Labute approximate surface area is 105 Å². The van der Waals surface area contributed by atoms with Crippen LogP contribution in [0.3, 0.4) is 0 Å². The van der Waals surface area contributed by atoms with Gasteiger partial charge in [0.05, 0.1) is 0 Å². The highest BCUT2D eigenvalue weighted by atomic mass is 14.9. The Bertz CT molecular complexity index is 397. The van der Waals surface area contributed by atoms with Crippen LogP contribution in [0.1, 0.15) is 48.8 Å². The molecule has 0 unspecified atom stereocenters. The summed E-state index contributed by atoms with van der Waals surface area (Å²) in [5.74, 6) is 1.56. The summed E-state index contributed by atoms with van der Waals surface area (Å²) in [6.45, 7) is 4.75. The zero-order valence-corrected chi connectivity index (χ0v) is 10.8. The van der Waals surface area contributed by atoms with Crippen LogP contribution < -0.4 is 5.32 Å². The van der Waals surface area contributed by atoms with Gasteiger partial charge in [-0.05, 0) is 73.7 Å². The topological polar surface area (TPSA) is 12.0 Å². The molecule has 1 saturated heterocycles. The fourth-order valence-corrected chi connectivity index (χ4v) is 3.49. The number of piperidine rings is 1.